The first-order chi connectivity index (χ1) is 13.6. The number of hydrogen-bond acceptors (Lipinski definition) is 5. The van der Waals surface area contributed by atoms with E-state index in [1.807, 2.05) is 37.4 Å². The number of nitrogens with zero attached hydrogens (tertiary/aromatic N) is 6. The molecule has 1 aliphatic heterocycles. The molecule has 0 unspecified atom stereocenters. The molecule has 0 N–H and O–H groups in total. The third-order valence-corrected chi connectivity index (χ3v) is 5.52. The third kappa shape index (κ3) is 2.58. The molecule has 142 valence electrons. The van der Waals surface area contributed by atoms with E-state index in [0.29, 0.717) is 5.39 Å². The van der Waals surface area contributed by atoms with Gasteiger partial charge in [-0.15, -0.1) is 0 Å². The second kappa shape index (κ2) is 6.45. The second-order valence-electron chi connectivity index (χ2n) is 7.34. The molecule has 0 amide bonds. The lowest BCUT2D eigenvalue weighted by atomic mass is 10.1. The monoisotopic (exact) mass is 374 g/mol. The highest BCUT2D eigenvalue weighted by Gasteiger charge is 2.19. The summed E-state index contributed by atoms with van der Waals surface area (Å²) in [5.74, 6) is 0. The van der Waals surface area contributed by atoms with Crippen LogP contribution in [0, 0.1) is 6.92 Å². The van der Waals surface area contributed by atoms with Gasteiger partial charge in [0, 0.05) is 44.1 Å². The number of aromatic nitrogens is 4. The van der Waals surface area contributed by atoms with E-state index in [0.717, 1.165) is 54.2 Å². The second-order valence-corrected chi connectivity index (χ2v) is 7.34. The van der Waals surface area contributed by atoms with Crippen molar-refractivity contribution in [2.45, 2.75) is 6.92 Å². The molecule has 1 aromatic carbocycles. The minimum absolute atomic E-state index is 0.0501. The average Bonchev–Trinajstić information content (AvgIpc) is 3.06. The summed E-state index contributed by atoms with van der Waals surface area (Å²) in [6, 6.07) is 12.1. The molecule has 0 saturated carbocycles. The number of pyridine rings is 1. The van der Waals surface area contributed by atoms with E-state index in [2.05, 4.69) is 34.1 Å². The third-order valence-electron chi connectivity index (χ3n) is 5.52. The summed E-state index contributed by atoms with van der Waals surface area (Å²) >= 11 is 0. The lowest BCUT2D eigenvalue weighted by Crippen LogP contribution is -2.52. The highest BCUT2D eigenvalue weighted by molar-refractivity contribution is 5.86. The van der Waals surface area contributed by atoms with Crippen LogP contribution in [-0.2, 0) is 0 Å². The normalized spacial score (nSPS) is 15.6. The van der Waals surface area contributed by atoms with Crippen molar-refractivity contribution in [3.05, 3.63) is 64.8 Å². The molecule has 0 radical (unpaired) electrons. The molecule has 4 aromatic rings. The Labute approximate surface area is 162 Å². The summed E-state index contributed by atoms with van der Waals surface area (Å²) in [5, 5.41) is 7.37. The Bertz CT molecular complexity index is 1220. The zero-order valence-corrected chi connectivity index (χ0v) is 16.0. The van der Waals surface area contributed by atoms with Crippen LogP contribution in [0.1, 0.15) is 5.69 Å². The quantitative estimate of drug-likeness (QED) is 0.536. The van der Waals surface area contributed by atoms with Crippen LogP contribution in [0.15, 0.2) is 53.6 Å². The van der Waals surface area contributed by atoms with Gasteiger partial charge in [0.15, 0.2) is 5.65 Å². The van der Waals surface area contributed by atoms with Crippen LogP contribution in [0.25, 0.3) is 27.7 Å². The minimum Gasteiger partial charge on any atom is -0.308 e. The lowest BCUT2D eigenvalue weighted by Gasteiger charge is -2.34. The van der Waals surface area contributed by atoms with Crippen LogP contribution < -0.4 is 10.6 Å². The van der Waals surface area contributed by atoms with Crippen LogP contribution in [0.3, 0.4) is 0 Å². The largest absolute Gasteiger partial charge is 0.308 e. The summed E-state index contributed by atoms with van der Waals surface area (Å²) in [4.78, 5) is 20.0. The summed E-state index contributed by atoms with van der Waals surface area (Å²) in [7, 11) is 2.10. The van der Waals surface area contributed by atoms with Crippen molar-refractivity contribution in [2.75, 3.05) is 38.2 Å². The number of rotatable bonds is 2. The number of fused-ring (bicyclic) bond motifs is 3. The Kier molecular flexibility index (Phi) is 3.91. The molecule has 5 rings (SSSR count). The number of hydrogen-bond donors (Lipinski definition) is 0. The molecule has 7 heteroatoms. The van der Waals surface area contributed by atoms with Gasteiger partial charge in [0.2, 0.25) is 0 Å². The maximum atomic E-state index is 13.1. The zero-order chi connectivity index (χ0) is 19.3. The zero-order valence-electron chi connectivity index (χ0n) is 16.0. The van der Waals surface area contributed by atoms with Gasteiger partial charge in [0.1, 0.15) is 0 Å². The van der Waals surface area contributed by atoms with E-state index in [1.165, 1.54) is 0 Å². The molecular formula is C21H22N6O. The molecule has 4 heterocycles. The van der Waals surface area contributed by atoms with Gasteiger partial charge >= 0.3 is 0 Å². The molecule has 1 fully saturated rings. The van der Waals surface area contributed by atoms with E-state index in [4.69, 9.17) is 5.10 Å². The Morgan fingerprint density at radius 2 is 1.75 bits per heavy atom. The van der Waals surface area contributed by atoms with Gasteiger partial charge in [-0.05, 0) is 25.6 Å². The van der Waals surface area contributed by atoms with Gasteiger partial charge in [-0.3, -0.25) is 4.79 Å². The first kappa shape index (κ1) is 16.9. The van der Waals surface area contributed by atoms with Crippen LogP contribution in [0.5, 0.6) is 0 Å². The molecule has 1 saturated heterocycles. The van der Waals surface area contributed by atoms with E-state index < -0.39 is 0 Å². The minimum atomic E-state index is -0.0501. The predicted octanol–water partition coefficient (Wildman–Crippen LogP) is 1.90. The number of benzene rings is 1. The standard InChI is InChI=1S/C21H22N6O/c1-15-19(16-6-4-3-5-7-16)20-22-14-17-18(27(20)23-15)8-9-26(21(17)28)25-12-10-24(2)11-13-25/h3-9,14H,10-13H2,1-2H3. The Balaban J connectivity index is 1.68. The maximum absolute atomic E-state index is 13.1. The molecule has 0 aliphatic carbocycles. The molecule has 28 heavy (non-hydrogen) atoms. The maximum Gasteiger partial charge on any atom is 0.280 e. The summed E-state index contributed by atoms with van der Waals surface area (Å²) in [6.45, 7) is 5.53. The Morgan fingerprint density at radius 1 is 1.00 bits per heavy atom. The molecule has 0 atom stereocenters. The lowest BCUT2D eigenvalue weighted by molar-refractivity contribution is 0.286. The number of aryl methyl sites for hydroxylation is 1. The molecule has 0 bridgehead atoms. The fourth-order valence-corrected chi connectivity index (χ4v) is 3.94. The van der Waals surface area contributed by atoms with Crippen molar-refractivity contribution in [1.29, 1.82) is 0 Å². The average molecular weight is 374 g/mol. The summed E-state index contributed by atoms with van der Waals surface area (Å²) < 4.78 is 3.51. The van der Waals surface area contributed by atoms with Crippen LogP contribution in [0.2, 0.25) is 0 Å². The van der Waals surface area contributed by atoms with Crippen molar-refractivity contribution in [3.63, 3.8) is 0 Å². The van der Waals surface area contributed by atoms with Crippen LogP contribution >= 0.6 is 0 Å². The molecular weight excluding hydrogens is 352 g/mol. The topological polar surface area (TPSA) is 58.7 Å². The van der Waals surface area contributed by atoms with Crippen molar-refractivity contribution in [2.24, 2.45) is 0 Å². The smallest absolute Gasteiger partial charge is 0.280 e. The van der Waals surface area contributed by atoms with Crippen molar-refractivity contribution in [1.82, 2.24) is 24.2 Å². The van der Waals surface area contributed by atoms with E-state index in [9.17, 15) is 4.79 Å². The van der Waals surface area contributed by atoms with Gasteiger partial charge in [0.25, 0.3) is 5.56 Å². The van der Waals surface area contributed by atoms with E-state index in [1.54, 1.807) is 15.4 Å². The van der Waals surface area contributed by atoms with Crippen molar-refractivity contribution in [3.8, 4) is 11.1 Å². The van der Waals surface area contributed by atoms with Crippen LogP contribution in [-0.4, -0.2) is 57.4 Å². The van der Waals surface area contributed by atoms with Gasteiger partial charge in [-0.25, -0.2) is 14.2 Å². The fraction of sp³-hybridized carbons (Fsp3) is 0.286. The van der Waals surface area contributed by atoms with Gasteiger partial charge in [-0.1, -0.05) is 30.3 Å². The number of likely N-dealkylation sites (N-methyl/N-ethyl adjacent to an activating group) is 1. The van der Waals surface area contributed by atoms with Gasteiger partial charge in [-0.2, -0.15) is 5.10 Å². The highest BCUT2D eigenvalue weighted by Crippen LogP contribution is 2.28. The van der Waals surface area contributed by atoms with Crippen molar-refractivity contribution < 1.29 is 0 Å². The summed E-state index contributed by atoms with van der Waals surface area (Å²) in [5.41, 5.74) is 4.48. The van der Waals surface area contributed by atoms with Gasteiger partial charge in [0.05, 0.1) is 16.6 Å². The Morgan fingerprint density at radius 3 is 2.50 bits per heavy atom. The van der Waals surface area contributed by atoms with Crippen molar-refractivity contribution >= 4 is 16.6 Å². The number of piperazine rings is 1. The van der Waals surface area contributed by atoms with Gasteiger partial charge < -0.3 is 9.91 Å². The first-order valence-electron chi connectivity index (χ1n) is 9.52. The van der Waals surface area contributed by atoms with E-state index in [-0.39, 0.29) is 5.56 Å². The fourth-order valence-electron chi connectivity index (χ4n) is 3.94. The Hall–Kier alpha value is -3.19. The SMILES string of the molecule is Cc1nn2c(ncc3c(=O)n(N4CCN(C)CC4)ccc32)c1-c1ccccc1. The molecule has 3 aromatic heterocycles. The molecule has 0 spiro atoms. The summed E-state index contributed by atoms with van der Waals surface area (Å²) in [6.07, 6.45) is 3.54. The van der Waals surface area contributed by atoms with Crippen LogP contribution in [0.4, 0.5) is 0 Å². The first-order valence-corrected chi connectivity index (χ1v) is 9.52. The van der Waals surface area contributed by atoms with E-state index >= 15 is 0 Å². The predicted molar refractivity (Wildman–Crippen MR) is 110 cm³/mol. The molecule has 1 aliphatic rings. The highest BCUT2D eigenvalue weighted by atomic mass is 16.1. The molecule has 7 nitrogen and oxygen atoms in total.